The number of azide groups is 1. The molecule has 0 heterocycles. The lowest BCUT2D eigenvalue weighted by molar-refractivity contribution is -0.158. The summed E-state index contributed by atoms with van der Waals surface area (Å²) in [6.45, 7) is -0.0564. The van der Waals surface area contributed by atoms with Gasteiger partial charge in [0.05, 0.1) is 0 Å². The Bertz CT molecular complexity index is 726. The summed E-state index contributed by atoms with van der Waals surface area (Å²) < 4.78 is 5.41. The molecule has 1 atom stereocenters. The summed E-state index contributed by atoms with van der Waals surface area (Å²) in [6.07, 6.45) is -0.236. The highest BCUT2D eigenvalue weighted by Crippen LogP contribution is 2.22. The average Bonchev–Trinajstić information content (AvgIpc) is 2.63. The van der Waals surface area contributed by atoms with Crippen molar-refractivity contribution in [2.24, 2.45) is 5.11 Å². The zero-order valence-electron chi connectivity index (χ0n) is 13.0. The summed E-state index contributed by atoms with van der Waals surface area (Å²) in [4.78, 5) is 26.3. The maximum Gasteiger partial charge on any atom is 0.375 e. The van der Waals surface area contributed by atoms with Gasteiger partial charge in [-0.3, -0.25) is 4.79 Å². The highest BCUT2D eigenvalue weighted by atomic mass is 16.5. The summed E-state index contributed by atoms with van der Waals surface area (Å²) in [5.41, 5.74) is 10.0. The van der Waals surface area contributed by atoms with E-state index < -0.39 is 17.9 Å². The molecule has 0 aliphatic heterocycles. The smallest absolute Gasteiger partial charge is 0.375 e. The first-order valence-corrected chi connectivity index (χ1v) is 7.54. The number of benzene rings is 2. The van der Waals surface area contributed by atoms with E-state index in [2.05, 4.69) is 10.0 Å². The normalized spacial score (nSPS) is 11.2. The van der Waals surface area contributed by atoms with Gasteiger partial charge in [-0.1, -0.05) is 65.8 Å². The van der Waals surface area contributed by atoms with Crippen molar-refractivity contribution >= 4 is 11.8 Å². The van der Waals surface area contributed by atoms with Crippen molar-refractivity contribution in [3.05, 3.63) is 82.2 Å². The van der Waals surface area contributed by atoms with E-state index in [-0.39, 0.29) is 13.0 Å². The fourth-order valence-electron chi connectivity index (χ4n) is 2.22. The summed E-state index contributed by atoms with van der Waals surface area (Å²) in [5, 5.41) is 3.25. The van der Waals surface area contributed by atoms with E-state index in [1.165, 1.54) is 0 Å². The van der Waals surface area contributed by atoms with Crippen LogP contribution < -0.4 is 0 Å². The van der Waals surface area contributed by atoms with Crippen molar-refractivity contribution in [2.45, 2.75) is 18.9 Å². The largest absolute Gasteiger partial charge is 0.451 e. The van der Waals surface area contributed by atoms with Gasteiger partial charge in [0, 0.05) is 24.3 Å². The first-order valence-electron chi connectivity index (χ1n) is 7.54. The fraction of sp³-hybridized carbons (Fsp3) is 0.222. The number of Topliss-reactive ketones (excluding diaryl/α,β-unsaturated/α-hetero) is 1. The molecule has 6 nitrogen and oxygen atoms in total. The molecule has 0 saturated carbocycles. The molecule has 0 aromatic heterocycles. The Hall–Kier alpha value is -3.11. The van der Waals surface area contributed by atoms with Gasteiger partial charge in [-0.25, -0.2) is 4.79 Å². The van der Waals surface area contributed by atoms with E-state index in [1.807, 2.05) is 60.7 Å². The molecule has 1 unspecified atom stereocenters. The number of nitrogens with zero attached hydrogens (tertiary/aromatic N) is 3. The molecule has 2 aromatic rings. The second kappa shape index (κ2) is 9.12. The lowest BCUT2D eigenvalue weighted by Crippen LogP contribution is -2.22. The van der Waals surface area contributed by atoms with Crippen LogP contribution in [-0.4, -0.2) is 18.3 Å². The molecule has 0 N–H and O–H groups in total. The van der Waals surface area contributed by atoms with Gasteiger partial charge in [0.2, 0.25) is 5.78 Å². The molecule has 0 aliphatic carbocycles. The van der Waals surface area contributed by atoms with Gasteiger partial charge >= 0.3 is 5.97 Å². The quantitative estimate of drug-likeness (QED) is 0.243. The zero-order chi connectivity index (χ0) is 17.2. The molecular formula is C18H17N3O3. The Balaban J connectivity index is 2.10. The number of esters is 1. The van der Waals surface area contributed by atoms with Gasteiger partial charge in [0.25, 0.3) is 0 Å². The third-order valence-electron chi connectivity index (χ3n) is 3.41. The monoisotopic (exact) mass is 323 g/mol. The number of rotatable bonds is 8. The van der Waals surface area contributed by atoms with Crippen molar-refractivity contribution in [1.82, 2.24) is 0 Å². The first kappa shape index (κ1) is 17.2. The van der Waals surface area contributed by atoms with Crippen molar-refractivity contribution < 1.29 is 14.3 Å². The average molecular weight is 323 g/mol. The van der Waals surface area contributed by atoms with Gasteiger partial charge in [0.15, 0.2) is 0 Å². The molecule has 0 aliphatic rings. The minimum atomic E-state index is -0.909. The molecule has 0 spiro atoms. The van der Waals surface area contributed by atoms with E-state index >= 15 is 0 Å². The Morgan fingerprint density at radius 1 is 1.04 bits per heavy atom. The molecule has 122 valence electrons. The summed E-state index contributed by atoms with van der Waals surface area (Å²) >= 11 is 0. The van der Waals surface area contributed by atoms with Crippen molar-refractivity contribution in [3.8, 4) is 0 Å². The van der Waals surface area contributed by atoms with Gasteiger partial charge in [0.1, 0.15) is 6.10 Å². The third kappa shape index (κ3) is 5.26. The van der Waals surface area contributed by atoms with E-state index in [4.69, 9.17) is 10.3 Å². The molecule has 0 radical (unpaired) electrons. The molecule has 0 bridgehead atoms. The van der Waals surface area contributed by atoms with Crippen LogP contribution in [0.5, 0.6) is 0 Å². The minimum Gasteiger partial charge on any atom is -0.451 e. The van der Waals surface area contributed by atoms with Crippen molar-refractivity contribution in [2.75, 3.05) is 6.54 Å². The topological polar surface area (TPSA) is 92.1 Å². The molecular weight excluding hydrogens is 306 g/mol. The molecule has 6 heteroatoms. The Labute approximate surface area is 139 Å². The van der Waals surface area contributed by atoms with Crippen LogP contribution in [-0.2, 0) is 20.7 Å². The summed E-state index contributed by atoms with van der Waals surface area (Å²) in [5.74, 6) is -1.61. The van der Waals surface area contributed by atoms with Crippen LogP contribution in [0.4, 0.5) is 0 Å². The van der Waals surface area contributed by atoms with Crippen molar-refractivity contribution in [3.63, 3.8) is 0 Å². The van der Waals surface area contributed by atoms with Crippen LogP contribution in [0.25, 0.3) is 10.4 Å². The second-order valence-corrected chi connectivity index (χ2v) is 5.12. The van der Waals surface area contributed by atoms with Crippen LogP contribution in [0.15, 0.2) is 65.8 Å². The molecule has 2 aromatic carbocycles. The van der Waals surface area contributed by atoms with Crippen LogP contribution in [0.2, 0.25) is 0 Å². The standard InChI is InChI=1S/C18H17N3O3/c19-21-20-12-11-16(22)18(23)24-17(15-9-5-2-6-10-15)13-14-7-3-1-4-8-14/h1-10,17H,11-13H2. The van der Waals surface area contributed by atoms with Crippen LogP contribution >= 0.6 is 0 Å². The van der Waals surface area contributed by atoms with Gasteiger partial charge in [-0.2, -0.15) is 0 Å². The van der Waals surface area contributed by atoms with Crippen LogP contribution in [0.1, 0.15) is 23.7 Å². The Morgan fingerprint density at radius 2 is 1.67 bits per heavy atom. The van der Waals surface area contributed by atoms with Crippen LogP contribution in [0, 0.1) is 0 Å². The Morgan fingerprint density at radius 3 is 2.29 bits per heavy atom. The molecule has 0 amide bonds. The lowest BCUT2D eigenvalue weighted by atomic mass is 10.0. The summed E-state index contributed by atoms with van der Waals surface area (Å²) in [6, 6.07) is 18.9. The van der Waals surface area contributed by atoms with E-state index in [0.29, 0.717) is 6.42 Å². The number of hydrogen-bond acceptors (Lipinski definition) is 4. The Kier molecular flexibility index (Phi) is 6.56. The number of hydrogen-bond donors (Lipinski definition) is 0. The fourth-order valence-corrected chi connectivity index (χ4v) is 2.22. The second-order valence-electron chi connectivity index (χ2n) is 5.12. The number of ether oxygens (including phenoxy) is 1. The summed E-state index contributed by atoms with van der Waals surface area (Å²) in [7, 11) is 0. The lowest BCUT2D eigenvalue weighted by Gasteiger charge is -2.18. The number of carbonyl (C=O) groups excluding carboxylic acids is 2. The molecule has 2 rings (SSSR count). The van der Waals surface area contributed by atoms with Crippen molar-refractivity contribution in [1.29, 1.82) is 0 Å². The van der Waals surface area contributed by atoms with Gasteiger partial charge in [-0.15, -0.1) is 0 Å². The van der Waals surface area contributed by atoms with E-state index in [9.17, 15) is 9.59 Å². The van der Waals surface area contributed by atoms with Gasteiger partial charge in [-0.05, 0) is 16.7 Å². The van der Waals surface area contributed by atoms with Gasteiger partial charge < -0.3 is 4.74 Å². The first-order chi connectivity index (χ1) is 11.7. The maximum atomic E-state index is 12.0. The minimum absolute atomic E-state index is 0.0564. The van der Waals surface area contributed by atoms with E-state index in [1.54, 1.807) is 0 Å². The highest BCUT2D eigenvalue weighted by molar-refractivity contribution is 6.33. The molecule has 0 fully saturated rings. The maximum absolute atomic E-state index is 12.0. The molecule has 24 heavy (non-hydrogen) atoms. The number of carbonyl (C=O) groups is 2. The SMILES string of the molecule is [N-]=[N+]=NCCC(=O)C(=O)OC(Cc1ccccc1)c1ccccc1. The zero-order valence-corrected chi connectivity index (χ0v) is 13.0. The van der Waals surface area contributed by atoms with E-state index in [0.717, 1.165) is 11.1 Å². The predicted molar refractivity (Wildman–Crippen MR) is 89.1 cm³/mol. The predicted octanol–water partition coefficient (Wildman–Crippen LogP) is 3.78. The third-order valence-corrected chi connectivity index (χ3v) is 3.41. The number of ketones is 1. The van der Waals surface area contributed by atoms with Crippen LogP contribution in [0.3, 0.4) is 0 Å². The highest BCUT2D eigenvalue weighted by Gasteiger charge is 2.22. The molecule has 0 saturated heterocycles.